The van der Waals surface area contributed by atoms with Crippen LogP contribution in [0.1, 0.15) is 27.3 Å². The smallest absolute Gasteiger partial charge is 0.271 e. The third-order valence-electron chi connectivity index (χ3n) is 3.19. The summed E-state index contributed by atoms with van der Waals surface area (Å²) in [5.74, 6) is -0.138. The molecule has 0 atom stereocenters. The number of hydrogen-bond donors (Lipinski definition) is 1. The molecule has 102 valence electrons. The number of thiazole rings is 1. The van der Waals surface area contributed by atoms with Crippen molar-refractivity contribution in [2.24, 2.45) is 0 Å². The minimum atomic E-state index is -0.138. The van der Waals surface area contributed by atoms with E-state index < -0.39 is 0 Å². The highest BCUT2D eigenvalue weighted by Gasteiger charge is 2.12. The first-order valence-corrected chi connectivity index (χ1v) is 7.28. The van der Waals surface area contributed by atoms with Gasteiger partial charge in [0, 0.05) is 23.8 Å². The molecule has 1 N–H and O–H groups in total. The van der Waals surface area contributed by atoms with E-state index in [2.05, 4.69) is 10.3 Å². The fourth-order valence-corrected chi connectivity index (χ4v) is 2.83. The summed E-state index contributed by atoms with van der Waals surface area (Å²) in [6.45, 7) is 4.56. The van der Waals surface area contributed by atoms with Crippen molar-refractivity contribution >= 4 is 22.2 Å². The molecule has 4 nitrogen and oxygen atoms in total. The van der Waals surface area contributed by atoms with Crippen LogP contribution in [0.2, 0.25) is 0 Å². The van der Waals surface area contributed by atoms with Crippen LogP contribution in [0.15, 0.2) is 35.8 Å². The molecule has 2 aromatic heterocycles. The first kappa shape index (κ1) is 12.9. The molecule has 0 aliphatic carbocycles. The second kappa shape index (κ2) is 5.09. The van der Waals surface area contributed by atoms with Crippen molar-refractivity contribution in [2.75, 3.05) is 0 Å². The Labute approximate surface area is 121 Å². The van der Waals surface area contributed by atoms with Gasteiger partial charge in [0.15, 0.2) is 4.96 Å². The minimum Gasteiger partial charge on any atom is -0.347 e. The van der Waals surface area contributed by atoms with Gasteiger partial charge in [-0.25, -0.2) is 4.98 Å². The lowest BCUT2D eigenvalue weighted by Crippen LogP contribution is -2.23. The number of imidazole rings is 1. The highest BCUT2D eigenvalue weighted by Crippen LogP contribution is 2.15. The van der Waals surface area contributed by atoms with Crippen LogP contribution in [0.3, 0.4) is 0 Å². The molecule has 0 fully saturated rings. The van der Waals surface area contributed by atoms with E-state index in [-0.39, 0.29) is 5.91 Å². The van der Waals surface area contributed by atoms with Gasteiger partial charge in [-0.3, -0.25) is 9.20 Å². The van der Waals surface area contributed by atoms with Gasteiger partial charge in [0.05, 0.1) is 0 Å². The Bertz CT molecular complexity index is 755. The molecule has 0 spiro atoms. The van der Waals surface area contributed by atoms with Crippen molar-refractivity contribution < 1.29 is 4.79 Å². The molecule has 5 heteroatoms. The van der Waals surface area contributed by atoms with Crippen LogP contribution < -0.4 is 5.32 Å². The Kier molecular flexibility index (Phi) is 3.28. The van der Waals surface area contributed by atoms with E-state index in [1.165, 1.54) is 5.56 Å². The summed E-state index contributed by atoms with van der Waals surface area (Å²) in [6.07, 6.45) is 1.78. The SMILES string of the molecule is Cc1ccc(CNC(=O)c2cn3c(C)csc3n2)cc1. The minimum absolute atomic E-state index is 0.138. The van der Waals surface area contributed by atoms with Gasteiger partial charge in [-0.1, -0.05) is 29.8 Å². The number of carbonyl (C=O) groups excluding carboxylic acids is 1. The Hall–Kier alpha value is -2.14. The lowest BCUT2D eigenvalue weighted by atomic mass is 10.1. The average Bonchev–Trinajstić information content (AvgIpc) is 3.01. The molecule has 3 rings (SSSR count). The number of benzene rings is 1. The Morgan fingerprint density at radius 1 is 1.30 bits per heavy atom. The van der Waals surface area contributed by atoms with E-state index >= 15 is 0 Å². The predicted molar refractivity (Wildman–Crippen MR) is 80.2 cm³/mol. The van der Waals surface area contributed by atoms with Crippen molar-refractivity contribution in [3.05, 3.63) is 58.4 Å². The number of aryl methyl sites for hydroxylation is 2. The number of nitrogens with one attached hydrogen (secondary N) is 1. The summed E-state index contributed by atoms with van der Waals surface area (Å²) >= 11 is 1.54. The molecule has 0 radical (unpaired) electrons. The molecule has 1 aromatic carbocycles. The Balaban J connectivity index is 1.71. The zero-order valence-corrected chi connectivity index (χ0v) is 12.2. The number of hydrogen-bond acceptors (Lipinski definition) is 3. The molecule has 0 aliphatic rings. The van der Waals surface area contributed by atoms with Gasteiger partial charge in [0.2, 0.25) is 0 Å². The molecule has 2 heterocycles. The van der Waals surface area contributed by atoms with E-state index in [0.29, 0.717) is 12.2 Å². The number of rotatable bonds is 3. The maximum absolute atomic E-state index is 12.1. The largest absolute Gasteiger partial charge is 0.347 e. The summed E-state index contributed by atoms with van der Waals surface area (Å²) in [6, 6.07) is 8.12. The number of aromatic nitrogens is 2. The van der Waals surface area contributed by atoms with Gasteiger partial charge in [0.25, 0.3) is 5.91 Å². The van der Waals surface area contributed by atoms with Crippen molar-refractivity contribution in [3.8, 4) is 0 Å². The molecule has 0 unspecified atom stereocenters. The number of fused-ring (bicyclic) bond motifs is 1. The van der Waals surface area contributed by atoms with Crippen LogP contribution in [0, 0.1) is 13.8 Å². The van der Waals surface area contributed by atoms with Crippen LogP contribution >= 0.6 is 11.3 Å². The second-order valence-electron chi connectivity index (χ2n) is 4.82. The highest BCUT2D eigenvalue weighted by atomic mass is 32.1. The molecule has 3 aromatic rings. The van der Waals surface area contributed by atoms with Crippen LogP contribution in [-0.2, 0) is 6.54 Å². The maximum atomic E-state index is 12.1. The van der Waals surface area contributed by atoms with Crippen LogP contribution in [0.5, 0.6) is 0 Å². The summed E-state index contributed by atoms with van der Waals surface area (Å²) in [5.41, 5.74) is 3.85. The standard InChI is InChI=1S/C15H15N3OS/c1-10-3-5-12(6-4-10)7-16-14(19)13-8-18-11(2)9-20-15(18)17-13/h3-6,8-9H,7H2,1-2H3,(H,16,19). The molecule has 20 heavy (non-hydrogen) atoms. The first-order chi connectivity index (χ1) is 9.63. The third kappa shape index (κ3) is 2.44. The molecule has 0 saturated carbocycles. The highest BCUT2D eigenvalue weighted by molar-refractivity contribution is 7.15. The van der Waals surface area contributed by atoms with Gasteiger partial charge in [-0.2, -0.15) is 0 Å². The van der Waals surface area contributed by atoms with E-state index in [1.807, 2.05) is 47.9 Å². The van der Waals surface area contributed by atoms with Crippen molar-refractivity contribution in [1.82, 2.24) is 14.7 Å². The zero-order valence-electron chi connectivity index (χ0n) is 11.4. The van der Waals surface area contributed by atoms with E-state index in [1.54, 1.807) is 17.5 Å². The molecule has 1 amide bonds. The Morgan fingerprint density at radius 2 is 2.05 bits per heavy atom. The molecular formula is C15H15N3OS. The fraction of sp³-hybridized carbons (Fsp3) is 0.200. The summed E-state index contributed by atoms with van der Waals surface area (Å²) in [7, 11) is 0. The van der Waals surface area contributed by atoms with Crippen molar-refractivity contribution in [1.29, 1.82) is 0 Å². The van der Waals surface area contributed by atoms with E-state index in [0.717, 1.165) is 16.2 Å². The van der Waals surface area contributed by atoms with Gasteiger partial charge < -0.3 is 5.32 Å². The van der Waals surface area contributed by atoms with Crippen LogP contribution in [0.25, 0.3) is 4.96 Å². The second-order valence-corrected chi connectivity index (χ2v) is 5.66. The van der Waals surface area contributed by atoms with Gasteiger partial charge in [-0.05, 0) is 19.4 Å². The topological polar surface area (TPSA) is 46.4 Å². The van der Waals surface area contributed by atoms with E-state index in [9.17, 15) is 4.79 Å². The third-order valence-corrected chi connectivity index (χ3v) is 4.15. The molecule has 0 bridgehead atoms. The number of carbonyl (C=O) groups is 1. The van der Waals surface area contributed by atoms with Crippen molar-refractivity contribution in [3.63, 3.8) is 0 Å². The molecule has 0 aliphatic heterocycles. The monoisotopic (exact) mass is 285 g/mol. The fourth-order valence-electron chi connectivity index (χ4n) is 1.98. The van der Waals surface area contributed by atoms with E-state index in [4.69, 9.17) is 0 Å². The Morgan fingerprint density at radius 3 is 2.75 bits per heavy atom. The van der Waals surface area contributed by atoms with Crippen LogP contribution in [-0.4, -0.2) is 15.3 Å². The number of amides is 1. The summed E-state index contributed by atoms with van der Waals surface area (Å²) < 4.78 is 1.94. The lowest BCUT2D eigenvalue weighted by molar-refractivity contribution is 0.0946. The first-order valence-electron chi connectivity index (χ1n) is 6.40. The molecule has 0 saturated heterocycles. The summed E-state index contributed by atoms with van der Waals surface area (Å²) in [4.78, 5) is 17.3. The van der Waals surface area contributed by atoms with Gasteiger partial charge in [0.1, 0.15) is 5.69 Å². The zero-order chi connectivity index (χ0) is 14.1. The van der Waals surface area contributed by atoms with Gasteiger partial charge in [-0.15, -0.1) is 11.3 Å². The maximum Gasteiger partial charge on any atom is 0.271 e. The van der Waals surface area contributed by atoms with Crippen molar-refractivity contribution in [2.45, 2.75) is 20.4 Å². The predicted octanol–water partition coefficient (Wildman–Crippen LogP) is 2.94. The molecular weight excluding hydrogens is 270 g/mol. The lowest BCUT2D eigenvalue weighted by Gasteiger charge is -2.03. The number of nitrogens with zero attached hydrogens (tertiary/aromatic N) is 2. The van der Waals surface area contributed by atoms with Crippen LogP contribution in [0.4, 0.5) is 0 Å². The average molecular weight is 285 g/mol. The normalized spacial score (nSPS) is 10.9. The van der Waals surface area contributed by atoms with Gasteiger partial charge >= 0.3 is 0 Å². The quantitative estimate of drug-likeness (QED) is 0.804. The summed E-state index contributed by atoms with van der Waals surface area (Å²) in [5, 5.41) is 4.92.